The Morgan fingerprint density at radius 3 is 2.50 bits per heavy atom. The third-order valence-electron chi connectivity index (χ3n) is 4.55. The third-order valence-corrected chi connectivity index (χ3v) is 5.04. The van der Waals surface area contributed by atoms with E-state index in [0.29, 0.717) is 16.9 Å². The summed E-state index contributed by atoms with van der Waals surface area (Å²) in [6.45, 7) is 0. The Balaban J connectivity index is 1.72. The van der Waals surface area contributed by atoms with Gasteiger partial charge in [0.2, 0.25) is 0 Å². The van der Waals surface area contributed by atoms with Crippen LogP contribution in [0.3, 0.4) is 0 Å². The lowest BCUT2D eigenvalue weighted by atomic mass is 9.95. The quantitative estimate of drug-likeness (QED) is 0.537. The minimum Gasteiger partial charge on any atom is -0.490 e. The number of fused-ring (bicyclic) bond motifs is 1. The monoisotopic (exact) mass is 380 g/mol. The first-order valence-electron chi connectivity index (χ1n) is 8.20. The molecule has 0 unspecified atom stereocenters. The van der Waals surface area contributed by atoms with Crippen LogP contribution in [0.2, 0.25) is 0 Å². The first-order chi connectivity index (χ1) is 11.7. The summed E-state index contributed by atoms with van der Waals surface area (Å²) < 4.78 is 6.96. The molecule has 3 heteroatoms. The van der Waals surface area contributed by atoms with Gasteiger partial charge in [0.1, 0.15) is 5.75 Å². The van der Waals surface area contributed by atoms with Gasteiger partial charge in [-0.3, -0.25) is 4.79 Å². The van der Waals surface area contributed by atoms with E-state index in [1.165, 1.54) is 6.42 Å². The molecule has 0 amide bonds. The second-order valence-corrected chi connectivity index (χ2v) is 7.12. The Morgan fingerprint density at radius 1 is 0.958 bits per heavy atom. The average molecular weight is 381 g/mol. The number of carbonyl (C=O) groups excluding carboxylic acids is 1. The summed E-state index contributed by atoms with van der Waals surface area (Å²) in [5, 5.41) is 2.21. The SMILES string of the molecule is O=C(c1ccc2ccccc2c1)c1ccc(Br)cc1OC1CCC1. The number of ketones is 1. The van der Waals surface area contributed by atoms with E-state index in [9.17, 15) is 4.79 Å². The highest BCUT2D eigenvalue weighted by Gasteiger charge is 2.23. The highest BCUT2D eigenvalue weighted by molar-refractivity contribution is 9.10. The fourth-order valence-electron chi connectivity index (χ4n) is 2.94. The molecule has 0 saturated heterocycles. The summed E-state index contributed by atoms with van der Waals surface area (Å²) in [6, 6.07) is 19.5. The molecular formula is C21H17BrO2. The standard InChI is InChI=1S/C21H17BrO2/c22-17-10-11-19(20(13-17)24-18-6-3-7-18)21(23)16-9-8-14-4-1-2-5-15(14)12-16/h1-2,4-5,8-13,18H,3,6-7H2. The maximum absolute atomic E-state index is 13.0. The number of hydrogen-bond donors (Lipinski definition) is 0. The second kappa shape index (κ2) is 6.40. The third kappa shape index (κ3) is 2.96. The first-order valence-corrected chi connectivity index (χ1v) is 9.00. The average Bonchev–Trinajstić information content (AvgIpc) is 2.57. The van der Waals surface area contributed by atoms with Crippen molar-refractivity contribution in [1.29, 1.82) is 0 Å². The normalized spacial score (nSPS) is 14.4. The fourth-order valence-corrected chi connectivity index (χ4v) is 3.28. The number of ether oxygens (including phenoxy) is 1. The van der Waals surface area contributed by atoms with Gasteiger partial charge in [-0.05, 0) is 54.3 Å². The van der Waals surface area contributed by atoms with Crippen LogP contribution >= 0.6 is 15.9 Å². The summed E-state index contributed by atoms with van der Waals surface area (Å²) in [5.74, 6) is 0.676. The van der Waals surface area contributed by atoms with Crippen LogP contribution in [0.5, 0.6) is 5.75 Å². The van der Waals surface area contributed by atoms with Crippen LogP contribution in [0.15, 0.2) is 65.1 Å². The lowest BCUT2D eigenvalue weighted by Crippen LogP contribution is -2.25. The molecule has 0 spiro atoms. The van der Waals surface area contributed by atoms with Gasteiger partial charge >= 0.3 is 0 Å². The Morgan fingerprint density at radius 2 is 1.75 bits per heavy atom. The van der Waals surface area contributed by atoms with Crippen molar-refractivity contribution < 1.29 is 9.53 Å². The lowest BCUT2D eigenvalue weighted by molar-refractivity contribution is 0.100. The van der Waals surface area contributed by atoms with Crippen LogP contribution < -0.4 is 4.74 Å². The maximum atomic E-state index is 13.0. The summed E-state index contributed by atoms with van der Waals surface area (Å²) >= 11 is 3.47. The zero-order valence-electron chi connectivity index (χ0n) is 13.2. The summed E-state index contributed by atoms with van der Waals surface area (Å²) in [7, 11) is 0. The van der Waals surface area contributed by atoms with Crippen molar-refractivity contribution in [2.45, 2.75) is 25.4 Å². The Labute approximate surface area is 149 Å². The highest BCUT2D eigenvalue weighted by Crippen LogP contribution is 2.31. The van der Waals surface area contributed by atoms with E-state index in [0.717, 1.165) is 28.1 Å². The topological polar surface area (TPSA) is 26.3 Å². The van der Waals surface area contributed by atoms with Gasteiger partial charge < -0.3 is 4.74 Å². The minimum atomic E-state index is 0.00239. The fraction of sp³-hybridized carbons (Fsp3) is 0.190. The van der Waals surface area contributed by atoms with E-state index in [4.69, 9.17) is 4.74 Å². The molecule has 120 valence electrons. The predicted molar refractivity (Wildman–Crippen MR) is 99.8 cm³/mol. The van der Waals surface area contributed by atoms with Crippen molar-refractivity contribution in [2.24, 2.45) is 0 Å². The van der Waals surface area contributed by atoms with Crippen molar-refractivity contribution in [1.82, 2.24) is 0 Å². The molecule has 0 N–H and O–H groups in total. The molecule has 1 fully saturated rings. The van der Waals surface area contributed by atoms with Crippen LogP contribution in [0, 0.1) is 0 Å². The van der Waals surface area contributed by atoms with Crippen molar-refractivity contribution in [3.8, 4) is 5.75 Å². The van der Waals surface area contributed by atoms with Gasteiger partial charge in [0.15, 0.2) is 5.78 Å². The van der Waals surface area contributed by atoms with Crippen LogP contribution in [0.1, 0.15) is 35.2 Å². The van der Waals surface area contributed by atoms with E-state index in [1.807, 2.05) is 60.7 Å². The van der Waals surface area contributed by atoms with Crippen LogP contribution in [-0.4, -0.2) is 11.9 Å². The van der Waals surface area contributed by atoms with Gasteiger partial charge in [-0.2, -0.15) is 0 Å². The smallest absolute Gasteiger partial charge is 0.196 e. The number of rotatable bonds is 4. The van der Waals surface area contributed by atoms with Crippen molar-refractivity contribution in [2.75, 3.05) is 0 Å². The van der Waals surface area contributed by atoms with E-state index in [2.05, 4.69) is 15.9 Å². The predicted octanol–water partition coefficient (Wildman–Crippen LogP) is 5.76. The zero-order valence-corrected chi connectivity index (χ0v) is 14.8. The van der Waals surface area contributed by atoms with Crippen LogP contribution in [0.4, 0.5) is 0 Å². The molecule has 0 radical (unpaired) electrons. The number of benzene rings is 3. The molecule has 1 aliphatic rings. The molecule has 2 nitrogen and oxygen atoms in total. The molecular weight excluding hydrogens is 364 g/mol. The van der Waals surface area contributed by atoms with Crippen LogP contribution in [0.25, 0.3) is 10.8 Å². The molecule has 4 rings (SSSR count). The molecule has 1 saturated carbocycles. The van der Waals surface area contributed by atoms with Gasteiger partial charge in [-0.1, -0.05) is 52.3 Å². The Hall–Kier alpha value is -2.13. The van der Waals surface area contributed by atoms with Crippen LogP contribution in [-0.2, 0) is 0 Å². The summed E-state index contributed by atoms with van der Waals surface area (Å²) in [5.41, 5.74) is 1.31. The molecule has 3 aromatic rings. The first kappa shape index (κ1) is 15.4. The molecule has 0 heterocycles. The van der Waals surface area contributed by atoms with Gasteiger partial charge in [0.25, 0.3) is 0 Å². The summed E-state index contributed by atoms with van der Waals surface area (Å²) in [4.78, 5) is 13.0. The molecule has 0 aromatic heterocycles. The number of hydrogen-bond acceptors (Lipinski definition) is 2. The molecule has 3 aromatic carbocycles. The van der Waals surface area contributed by atoms with E-state index < -0.39 is 0 Å². The van der Waals surface area contributed by atoms with Crippen molar-refractivity contribution >= 4 is 32.5 Å². The second-order valence-electron chi connectivity index (χ2n) is 6.20. The van der Waals surface area contributed by atoms with Gasteiger partial charge in [-0.25, -0.2) is 0 Å². The lowest BCUT2D eigenvalue weighted by Gasteiger charge is -2.27. The van der Waals surface area contributed by atoms with Crippen molar-refractivity contribution in [3.05, 3.63) is 76.3 Å². The summed E-state index contributed by atoms with van der Waals surface area (Å²) in [6.07, 6.45) is 3.57. The minimum absolute atomic E-state index is 0.00239. The van der Waals surface area contributed by atoms with E-state index in [-0.39, 0.29) is 11.9 Å². The zero-order chi connectivity index (χ0) is 16.5. The maximum Gasteiger partial charge on any atom is 0.196 e. The molecule has 0 bridgehead atoms. The van der Waals surface area contributed by atoms with Gasteiger partial charge in [0, 0.05) is 10.0 Å². The van der Waals surface area contributed by atoms with Crippen molar-refractivity contribution in [3.63, 3.8) is 0 Å². The Bertz CT molecular complexity index is 913. The van der Waals surface area contributed by atoms with Gasteiger partial charge in [0.05, 0.1) is 11.7 Å². The van der Waals surface area contributed by atoms with E-state index in [1.54, 1.807) is 0 Å². The van der Waals surface area contributed by atoms with E-state index >= 15 is 0 Å². The number of halogens is 1. The molecule has 0 atom stereocenters. The highest BCUT2D eigenvalue weighted by atomic mass is 79.9. The largest absolute Gasteiger partial charge is 0.490 e. The molecule has 24 heavy (non-hydrogen) atoms. The molecule has 0 aliphatic heterocycles. The molecule has 1 aliphatic carbocycles. The Kier molecular flexibility index (Phi) is 4.11. The number of carbonyl (C=O) groups is 1. The van der Waals surface area contributed by atoms with Gasteiger partial charge in [-0.15, -0.1) is 0 Å².